The molecule has 4 rings (SSSR count). The van der Waals surface area contributed by atoms with Crippen molar-refractivity contribution < 1.29 is 23.7 Å². The Morgan fingerprint density at radius 2 is 1.97 bits per heavy atom. The second-order valence-corrected chi connectivity index (χ2v) is 6.83. The van der Waals surface area contributed by atoms with Crippen LogP contribution >= 0.6 is 0 Å². The number of nitrogens with one attached hydrogen (secondary N) is 1. The molecule has 3 heterocycles. The molecule has 1 amide bonds. The van der Waals surface area contributed by atoms with Gasteiger partial charge in [-0.1, -0.05) is 0 Å². The Kier molecular flexibility index (Phi) is 5.68. The van der Waals surface area contributed by atoms with Crippen LogP contribution in [0.3, 0.4) is 0 Å². The maximum atomic E-state index is 12.7. The van der Waals surface area contributed by atoms with Crippen LogP contribution < -0.4 is 25.0 Å². The van der Waals surface area contributed by atoms with Crippen LogP contribution in [0.2, 0.25) is 0 Å². The van der Waals surface area contributed by atoms with Crippen LogP contribution in [0.4, 0.5) is 5.69 Å². The van der Waals surface area contributed by atoms with Gasteiger partial charge < -0.3 is 28.8 Å². The molecule has 0 saturated carbocycles. The van der Waals surface area contributed by atoms with E-state index in [1.807, 2.05) is 0 Å². The van der Waals surface area contributed by atoms with Crippen molar-refractivity contribution in [3.05, 3.63) is 46.4 Å². The summed E-state index contributed by atoms with van der Waals surface area (Å²) < 4.78 is 22.9. The maximum absolute atomic E-state index is 12.7. The van der Waals surface area contributed by atoms with E-state index in [9.17, 15) is 9.59 Å². The quantitative estimate of drug-likeness (QED) is 0.774. The van der Waals surface area contributed by atoms with Gasteiger partial charge in [0.25, 0.3) is 0 Å². The average molecular weight is 401 g/mol. The van der Waals surface area contributed by atoms with Crippen LogP contribution in [0.25, 0.3) is 0 Å². The largest absolute Gasteiger partial charge is 0.491 e. The Hall–Kier alpha value is -3.04. The normalized spacial score (nSPS) is 15.9. The lowest BCUT2D eigenvalue weighted by molar-refractivity contribution is -0.116. The van der Waals surface area contributed by atoms with Crippen molar-refractivity contribution in [3.8, 4) is 17.2 Å². The monoisotopic (exact) mass is 401 g/mol. The number of carbonyl (C=O) groups is 1. The van der Waals surface area contributed by atoms with E-state index in [-0.39, 0.29) is 30.4 Å². The second-order valence-electron chi connectivity index (χ2n) is 6.83. The summed E-state index contributed by atoms with van der Waals surface area (Å²) in [6.07, 6.45) is 1.58. The summed E-state index contributed by atoms with van der Waals surface area (Å²) in [6.45, 7) is 3.66. The molecule has 2 aliphatic rings. The van der Waals surface area contributed by atoms with E-state index in [1.54, 1.807) is 29.0 Å². The fourth-order valence-corrected chi connectivity index (χ4v) is 3.35. The van der Waals surface area contributed by atoms with Crippen molar-refractivity contribution in [3.63, 3.8) is 0 Å². The first-order valence-corrected chi connectivity index (χ1v) is 9.39. The Balaban J connectivity index is 1.51. The topological polar surface area (TPSA) is 91.3 Å². The van der Waals surface area contributed by atoms with Gasteiger partial charge in [-0.3, -0.25) is 14.5 Å². The molecule has 9 nitrogen and oxygen atoms in total. The minimum atomic E-state index is -0.224. The molecule has 9 heteroatoms. The second kappa shape index (κ2) is 8.54. The van der Waals surface area contributed by atoms with Gasteiger partial charge in [-0.2, -0.15) is 0 Å². The summed E-state index contributed by atoms with van der Waals surface area (Å²) in [5, 5.41) is 2.86. The Bertz CT molecular complexity index is 952. The van der Waals surface area contributed by atoms with Crippen LogP contribution in [-0.4, -0.2) is 55.6 Å². The first-order chi connectivity index (χ1) is 14.1. The zero-order chi connectivity index (χ0) is 20.2. The first-order valence-electron chi connectivity index (χ1n) is 9.39. The number of hydrogen-bond acceptors (Lipinski definition) is 7. The molecular weight excluding hydrogens is 378 g/mol. The van der Waals surface area contributed by atoms with E-state index in [4.69, 9.17) is 18.9 Å². The highest BCUT2D eigenvalue weighted by Crippen LogP contribution is 2.34. The maximum Gasteiger partial charge on any atom is 0.244 e. The summed E-state index contributed by atoms with van der Waals surface area (Å²) >= 11 is 0. The van der Waals surface area contributed by atoms with Gasteiger partial charge in [0.2, 0.25) is 18.1 Å². The summed E-state index contributed by atoms with van der Waals surface area (Å²) in [7, 11) is 1.44. The molecular formula is C20H23N3O6. The van der Waals surface area contributed by atoms with E-state index >= 15 is 0 Å². The molecule has 154 valence electrons. The van der Waals surface area contributed by atoms with Gasteiger partial charge in [0, 0.05) is 43.1 Å². The third kappa shape index (κ3) is 4.52. The molecule has 0 aliphatic carbocycles. The van der Waals surface area contributed by atoms with Crippen molar-refractivity contribution in [1.29, 1.82) is 0 Å². The fourth-order valence-electron chi connectivity index (χ4n) is 3.35. The van der Waals surface area contributed by atoms with Crippen LogP contribution in [0.15, 0.2) is 35.3 Å². The minimum Gasteiger partial charge on any atom is -0.491 e. The van der Waals surface area contributed by atoms with Gasteiger partial charge in [0.15, 0.2) is 17.2 Å². The van der Waals surface area contributed by atoms with Crippen LogP contribution in [-0.2, 0) is 22.6 Å². The van der Waals surface area contributed by atoms with Crippen molar-refractivity contribution in [2.45, 2.75) is 13.1 Å². The number of morpholine rings is 1. The predicted octanol–water partition coefficient (Wildman–Crippen LogP) is 1.06. The predicted molar refractivity (Wildman–Crippen MR) is 105 cm³/mol. The summed E-state index contributed by atoms with van der Waals surface area (Å²) in [5.74, 6) is 1.23. The number of pyridine rings is 1. The number of ether oxygens (including phenoxy) is 4. The highest BCUT2D eigenvalue weighted by Gasteiger charge is 2.17. The van der Waals surface area contributed by atoms with Crippen LogP contribution in [0.5, 0.6) is 17.2 Å². The molecule has 1 fully saturated rings. The minimum absolute atomic E-state index is 0.0464. The number of nitrogens with zero attached hydrogens (tertiary/aromatic N) is 2. The van der Waals surface area contributed by atoms with E-state index in [0.717, 1.165) is 18.8 Å². The lowest BCUT2D eigenvalue weighted by Gasteiger charge is -2.27. The molecule has 0 atom stereocenters. The number of anilines is 1. The van der Waals surface area contributed by atoms with Gasteiger partial charge in [-0.15, -0.1) is 0 Å². The van der Waals surface area contributed by atoms with Crippen molar-refractivity contribution in [2.24, 2.45) is 0 Å². The van der Waals surface area contributed by atoms with Crippen molar-refractivity contribution in [2.75, 3.05) is 45.5 Å². The number of rotatable bonds is 6. The highest BCUT2D eigenvalue weighted by molar-refractivity contribution is 5.91. The van der Waals surface area contributed by atoms with Crippen molar-refractivity contribution >= 4 is 11.6 Å². The molecule has 0 radical (unpaired) electrons. The molecule has 1 saturated heterocycles. The fraction of sp³-hybridized carbons (Fsp3) is 0.400. The first kappa shape index (κ1) is 19.3. The zero-order valence-electron chi connectivity index (χ0n) is 16.2. The van der Waals surface area contributed by atoms with E-state index in [2.05, 4.69) is 10.2 Å². The highest BCUT2D eigenvalue weighted by atomic mass is 16.7. The van der Waals surface area contributed by atoms with Crippen LogP contribution in [0.1, 0.15) is 5.69 Å². The van der Waals surface area contributed by atoms with Crippen LogP contribution in [0, 0.1) is 0 Å². The lowest BCUT2D eigenvalue weighted by atomic mass is 10.2. The number of carbonyl (C=O) groups excluding carboxylic acids is 1. The molecule has 2 aliphatic heterocycles. The average Bonchev–Trinajstić information content (AvgIpc) is 3.18. The Morgan fingerprint density at radius 3 is 2.76 bits per heavy atom. The number of aromatic nitrogens is 1. The Morgan fingerprint density at radius 1 is 1.17 bits per heavy atom. The van der Waals surface area contributed by atoms with E-state index in [1.165, 1.54) is 13.2 Å². The van der Waals surface area contributed by atoms with E-state index in [0.29, 0.717) is 36.9 Å². The molecule has 0 spiro atoms. The molecule has 1 aromatic carbocycles. The summed E-state index contributed by atoms with van der Waals surface area (Å²) in [6, 6.07) is 6.76. The zero-order valence-corrected chi connectivity index (χ0v) is 16.2. The molecule has 0 bridgehead atoms. The van der Waals surface area contributed by atoms with Gasteiger partial charge in [-0.25, -0.2) is 0 Å². The molecule has 1 aromatic heterocycles. The molecule has 1 N–H and O–H groups in total. The van der Waals surface area contributed by atoms with Crippen molar-refractivity contribution in [1.82, 2.24) is 9.47 Å². The van der Waals surface area contributed by atoms with Gasteiger partial charge in [0.05, 0.1) is 26.5 Å². The number of benzene rings is 1. The number of amides is 1. The number of hydrogen-bond donors (Lipinski definition) is 1. The number of fused-ring (bicyclic) bond motifs is 1. The van der Waals surface area contributed by atoms with Gasteiger partial charge in [-0.05, 0) is 12.1 Å². The third-order valence-electron chi connectivity index (χ3n) is 4.86. The summed E-state index contributed by atoms with van der Waals surface area (Å²) in [4.78, 5) is 27.1. The standard InChI is InChI=1S/C20H23N3O6/c1-26-19-11-23(15(9-16(19)24)10-22-4-6-27-7-5-22)12-20(25)21-14-2-3-17-18(8-14)29-13-28-17/h2-3,8-9,11H,4-7,10,12-13H2,1H3,(H,21,25). The van der Waals surface area contributed by atoms with Gasteiger partial charge >= 0.3 is 0 Å². The lowest BCUT2D eigenvalue weighted by Crippen LogP contribution is -2.37. The Labute approximate surface area is 167 Å². The molecule has 29 heavy (non-hydrogen) atoms. The molecule has 2 aromatic rings. The third-order valence-corrected chi connectivity index (χ3v) is 4.86. The van der Waals surface area contributed by atoms with Gasteiger partial charge in [0.1, 0.15) is 6.54 Å². The SMILES string of the molecule is COc1cn(CC(=O)Nc2ccc3c(c2)OCO3)c(CN2CCOCC2)cc1=O. The summed E-state index contributed by atoms with van der Waals surface area (Å²) in [5.41, 5.74) is 1.16. The number of methoxy groups -OCH3 is 1. The van der Waals surface area contributed by atoms with E-state index < -0.39 is 0 Å². The molecule has 0 unspecified atom stereocenters. The smallest absolute Gasteiger partial charge is 0.244 e.